The first-order chi connectivity index (χ1) is 7.27. The van der Waals surface area contributed by atoms with Gasteiger partial charge in [0.1, 0.15) is 0 Å². The predicted octanol–water partition coefficient (Wildman–Crippen LogP) is 2.92. The monoisotopic (exact) mass is 345 g/mol. The predicted molar refractivity (Wildman–Crippen MR) is 60.5 cm³/mol. The van der Waals surface area contributed by atoms with Crippen molar-refractivity contribution in [1.82, 2.24) is 0 Å². The molecule has 88 valence electrons. The van der Waals surface area contributed by atoms with Gasteiger partial charge in [0.2, 0.25) is 0 Å². The number of anilines is 1. The average Bonchev–Trinajstić information content (AvgIpc) is 2.15. The standard InChI is InChI=1S/C9H7F3INO2/c10-9(11,12)6-2-7(14)5(8(15)16)1-4(6)3-13/h1-2H,3,14H2,(H,15,16). The third-order valence-corrected chi connectivity index (χ3v) is 2.78. The third-order valence-electron chi connectivity index (χ3n) is 1.96. The molecule has 16 heavy (non-hydrogen) atoms. The molecule has 0 heterocycles. The third kappa shape index (κ3) is 2.57. The quantitative estimate of drug-likeness (QED) is 0.492. The maximum atomic E-state index is 12.5. The van der Waals surface area contributed by atoms with Crippen LogP contribution in [-0.4, -0.2) is 11.1 Å². The van der Waals surface area contributed by atoms with Crippen LogP contribution in [0.4, 0.5) is 18.9 Å². The van der Waals surface area contributed by atoms with Gasteiger partial charge in [-0.15, -0.1) is 0 Å². The minimum absolute atomic E-state index is 0.0627. The molecule has 1 aromatic rings. The Hall–Kier alpha value is -0.990. The number of alkyl halides is 4. The van der Waals surface area contributed by atoms with Crippen LogP contribution in [0.2, 0.25) is 0 Å². The number of aromatic carboxylic acids is 1. The Morgan fingerprint density at radius 2 is 2.00 bits per heavy atom. The van der Waals surface area contributed by atoms with Gasteiger partial charge in [0.15, 0.2) is 0 Å². The number of hydrogen-bond acceptors (Lipinski definition) is 2. The van der Waals surface area contributed by atoms with Gasteiger partial charge in [-0.05, 0) is 17.7 Å². The van der Waals surface area contributed by atoms with Crippen molar-refractivity contribution >= 4 is 34.2 Å². The van der Waals surface area contributed by atoms with Crippen molar-refractivity contribution in [3.63, 3.8) is 0 Å². The highest BCUT2D eigenvalue weighted by molar-refractivity contribution is 14.1. The van der Waals surface area contributed by atoms with Crippen LogP contribution >= 0.6 is 22.6 Å². The molecule has 0 atom stereocenters. The number of rotatable bonds is 2. The lowest BCUT2D eigenvalue weighted by Gasteiger charge is -2.13. The van der Waals surface area contributed by atoms with E-state index in [4.69, 9.17) is 10.8 Å². The van der Waals surface area contributed by atoms with Gasteiger partial charge in [-0.2, -0.15) is 13.2 Å². The van der Waals surface area contributed by atoms with Crippen molar-refractivity contribution in [2.45, 2.75) is 10.6 Å². The fourth-order valence-electron chi connectivity index (χ4n) is 1.22. The summed E-state index contributed by atoms with van der Waals surface area (Å²) in [6.07, 6.45) is -4.52. The molecular weight excluding hydrogens is 338 g/mol. The van der Waals surface area contributed by atoms with Crippen molar-refractivity contribution in [3.05, 3.63) is 28.8 Å². The second-order valence-corrected chi connectivity index (χ2v) is 3.80. The Morgan fingerprint density at radius 3 is 2.38 bits per heavy atom. The molecule has 0 spiro atoms. The maximum Gasteiger partial charge on any atom is 0.416 e. The second-order valence-electron chi connectivity index (χ2n) is 3.03. The van der Waals surface area contributed by atoms with Gasteiger partial charge in [0, 0.05) is 10.1 Å². The molecule has 0 aliphatic carbocycles. The number of benzene rings is 1. The lowest BCUT2D eigenvalue weighted by Crippen LogP contribution is -2.12. The first-order valence-corrected chi connectivity index (χ1v) is 5.58. The largest absolute Gasteiger partial charge is 0.478 e. The first kappa shape index (κ1) is 13.1. The van der Waals surface area contributed by atoms with Gasteiger partial charge in [-0.25, -0.2) is 4.79 Å². The molecule has 0 saturated carbocycles. The van der Waals surface area contributed by atoms with E-state index in [9.17, 15) is 18.0 Å². The molecule has 3 N–H and O–H groups in total. The summed E-state index contributed by atoms with van der Waals surface area (Å²) < 4.78 is 37.7. The van der Waals surface area contributed by atoms with Crippen molar-refractivity contribution < 1.29 is 23.1 Å². The Morgan fingerprint density at radius 1 is 1.44 bits per heavy atom. The Balaban J connectivity index is 3.44. The van der Waals surface area contributed by atoms with Gasteiger partial charge in [-0.1, -0.05) is 22.6 Å². The minimum Gasteiger partial charge on any atom is -0.478 e. The van der Waals surface area contributed by atoms with Gasteiger partial charge in [-0.3, -0.25) is 0 Å². The van der Waals surface area contributed by atoms with Crippen LogP contribution in [-0.2, 0) is 10.6 Å². The van der Waals surface area contributed by atoms with Crippen molar-refractivity contribution in [3.8, 4) is 0 Å². The molecule has 0 aliphatic heterocycles. The smallest absolute Gasteiger partial charge is 0.416 e. The van der Waals surface area contributed by atoms with Gasteiger partial charge < -0.3 is 10.8 Å². The Bertz CT molecular complexity index is 431. The van der Waals surface area contributed by atoms with Crippen LogP contribution in [0.15, 0.2) is 12.1 Å². The molecule has 1 rings (SSSR count). The Labute approximate surface area is 103 Å². The molecule has 0 aromatic heterocycles. The topological polar surface area (TPSA) is 63.3 Å². The van der Waals surface area contributed by atoms with E-state index >= 15 is 0 Å². The van der Waals surface area contributed by atoms with Gasteiger partial charge in [0.25, 0.3) is 0 Å². The number of nitrogens with two attached hydrogens (primary N) is 1. The van der Waals surface area contributed by atoms with Gasteiger partial charge >= 0.3 is 12.1 Å². The second kappa shape index (κ2) is 4.48. The summed E-state index contributed by atoms with van der Waals surface area (Å²) in [5, 5.41) is 8.72. The summed E-state index contributed by atoms with van der Waals surface area (Å²) in [6, 6.07) is 1.63. The molecule has 0 bridgehead atoms. The van der Waals surface area contributed by atoms with Crippen LogP contribution in [0.25, 0.3) is 0 Å². The number of halogens is 4. The first-order valence-electron chi connectivity index (χ1n) is 4.06. The van der Waals surface area contributed by atoms with E-state index < -0.39 is 17.7 Å². The molecule has 0 aliphatic rings. The maximum absolute atomic E-state index is 12.5. The van der Waals surface area contributed by atoms with E-state index in [-0.39, 0.29) is 21.2 Å². The average molecular weight is 345 g/mol. The summed E-state index contributed by atoms with van der Waals surface area (Å²) in [5.41, 5.74) is 3.60. The summed E-state index contributed by atoms with van der Waals surface area (Å²) in [4.78, 5) is 10.7. The number of carboxylic acid groups (broad SMARTS) is 1. The molecule has 0 unspecified atom stereocenters. The van der Waals surface area contributed by atoms with E-state index in [2.05, 4.69) is 0 Å². The van der Waals surface area contributed by atoms with Crippen LogP contribution < -0.4 is 5.73 Å². The van der Waals surface area contributed by atoms with Crippen molar-refractivity contribution in [2.75, 3.05) is 5.73 Å². The van der Waals surface area contributed by atoms with E-state index in [1.165, 1.54) is 0 Å². The summed E-state index contributed by atoms with van der Waals surface area (Å²) in [7, 11) is 0. The molecule has 0 amide bonds. The van der Waals surface area contributed by atoms with E-state index in [0.29, 0.717) is 6.07 Å². The molecule has 3 nitrogen and oxygen atoms in total. The molecular formula is C9H7F3INO2. The minimum atomic E-state index is -4.52. The fourth-order valence-corrected chi connectivity index (χ4v) is 1.85. The number of carboxylic acids is 1. The molecule has 0 saturated heterocycles. The summed E-state index contributed by atoms with van der Waals surface area (Å²) in [5.74, 6) is -1.34. The van der Waals surface area contributed by atoms with Crippen molar-refractivity contribution in [1.29, 1.82) is 0 Å². The highest BCUT2D eigenvalue weighted by Gasteiger charge is 2.34. The zero-order chi connectivity index (χ0) is 12.5. The highest BCUT2D eigenvalue weighted by atomic mass is 127. The number of carbonyl (C=O) groups is 1. The van der Waals surface area contributed by atoms with Crippen molar-refractivity contribution in [2.24, 2.45) is 0 Å². The lowest BCUT2D eigenvalue weighted by atomic mass is 10.0. The highest BCUT2D eigenvalue weighted by Crippen LogP contribution is 2.35. The van der Waals surface area contributed by atoms with E-state index in [0.717, 1.165) is 6.07 Å². The zero-order valence-electron chi connectivity index (χ0n) is 7.81. The van der Waals surface area contributed by atoms with Crippen LogP contribution in [0.1, 0.15) is 21.5 Å². The van der Waals surface area contributed by atoms with E-state index in [1.807, 2.05) is 0 Å². The normalized spacial score (nSPS) is 11.5. The molecule has 0 fully saturated rings. The van der Waals surface area contributed by atoms with Crippen LogP contribution in [0, 0.1) is 0 Å². The van der Waals surface area contributed by atoms with Gasteiger partial charge in [0.05, 0.1) is 11.1 Å². The molecule has 7 heteroatoms. The Kier molecular flexibility index (Phi) is 3.66. The fraction of sp³-hybridized carbons (Fsp3) is 0.222. The number of hydrogen-bond donors (Lipinski definition) is 2. The van der Waals surface area contributed by atoms with E-state index in [1.54, 1.807) is 22.6 Å². The SMILES string of the molecule is Nc1cc(C(F)(F)F)c(CI)cc1C(=O)O. The number of nitrogen functional groups attached to an aromatic ring is 1. The zero-order valence-corrected chi connectivity index (χ0v) is 9.96. The van der Waals surface area contributed by atoms with Crippen LogP contribution in [0.5, 0.6) is 0 Å². The van der Waals surface area contributed by atoms with Crippen LogP contribution in [0.3, 0.4) is 0 Å². The lowest BCUT2D eigenvalue weighted by molar-refractivity contribution is -0.138. The summed E-state index contributed by atoms with van der Waals surface area (Å²) >= 11 is 1.74. The molecule has 0 radical (unpaired) electrons. The molecule has 1 aromatic carbocycles. The summed E-state index contributed by atoms with van der Waals surface area (Å²) in [6.45, 7) is 0.